The summed E-state index contributed by atoms with van der Waals surface area (Å²) in [5.74, 6) is 1.48. The lowest BCUT2D eigenvalue weighted by Gasteiger charge is -2.25. The molecule has 0 aromatic rings. The summed E-state index contributed by atoms with van der Waals surface area (Å²) in [6.07, 6.45) is 4.83. The molecule has 0 aromatic heterocycles. The van der Waals surface area contributed by atoms with Crippen LogP contribution in [-0.4, -0.2) is 76.6 Å². The molecule has 0 aromatic carbocycles. The van der Waals surface area contributed by atoms with Crippen molar-refractivity contribution in [2.75, 3.05) is 53.6 Å². The maximum atomic E-state index is 5.71. The molecule has 2 unspecified atom stereocenters. The third-order valence-corrected chi connectivity index (χ3v) is 4.74. The molecule has 0 spiro atoms. The molecule has 2 atom stereocenters. The second-order valence-corrected chi connectivity index (χ2v) is 6.78. The van der Waals surface area contributed by atoms with Crippen molar-refractivity contribution in [3.63, 3.8) is 0 Å². The number of hydrogen-bond donors (Lipinski definition) is 2. The summed E-state index contributed by atoms with van der Waals surface area (Å²) in [4.78, 5) is 6.74. The topological polar surface area (TPSA) is 58.1 Å². The normalized spacial score (nSPS) is 23.3. The van der Waals surface area contributed by atoms with E-state index in [0.717, 1.165) is 64.4 Å². The highest BCUT2D eigenvalue weighted by Crippen LogP contribution is 2.26. The van der Waals surface area contributed by atoms with Gasteiger partial charge in [0.05, 0.1) is 13.2 Å². The molecule has 23 heavy (non-hydrogen) atoms. The first kappa shape index (κ1) is 18.5. The predicted molar refractivity (Wildman–Crippen MR) is 94.0 cm³/mol. The molecule has 1 heterocycles. The third kappa shape index (κ3) is 7.06. The average molecular weight is 326 g/mol. The van der Waals surface area contributed by atoms with E-state index in [1.165, 1.54) is 12.8 Å². The zero-order chi connectivity index (χ0) is 16.5. The van der Waals surface area contributed by atoms with Gasteiger partial charge in [0.15, 0.2) is 5.96 Å². The van der Waals surface area contributed by atoms with Gasteiger partial charge in [-0.05, 0) is 39.7 Å². The lowest BCUT2D eigenvalue weighted by Crippen LogP contribution is -2.45. The molecular formula is C17H34N4O2. The van der Waals surface area contributed by atoms with Crippen molar-refractivity contribution in [1.29, 1.82) is 0 Å². The Hall–Kier alpha value is -0.850. The van der Waals surface area contributed by atoms with Gasteiger partial charge in [-0.25, -0.2) is 0 Å². The van der Waals surface area contributed by atoms with Crippen LogP contribution in [-0.2, 0) is 9.47 Å². The molecule has 2 N–H and O–H groups in total. The van der Waals surface area contributed by atoms with Crippen LogP contribution in [0.3, 0.4) is 0 Å². The van der Waals surface area contributed by atoms with Gasteiger partial charge >= 0.3 is 0 Å². The van der Waals surface area contributed by atoms with Crippen LogP contribution in [0.15, 0.2) is 4.99 Å². The Kier molecular flexibility index (Phi) is 8.12. The van der Waals surface area contributed by atoms with E-state index in [-0.39, 0.29) is 0 Å². The SMILES string of the molecule is CN=C(NCCCOCC1CCOC1)NCC(C)N(C)C1CC1. The number of guanidine groups is 1. The minimum absolute atomic E-state index is 0.526. The largest absolute Gasteiger partial charge is 0.381 e. The fourth-order valence-electron chi connectivity index (χ4n) is 2.80. The van der Waals surface area contributed by atoms with Gasteiger partial charge in [0.2, 0.25) is 0 Å². The van der Waals surface area contributed by atoms with Gasteiger partial charge in [-0.2, -0.15) is 0 Å². The zero-order valence-corrected chi connectivity index (χ0v) is 15.0. The van der Waals surface area contributed by atoms with Crippen LogP contribution in [0.2, 0.25) is 0 Å². The Morgan fingerprint density at radius 1 is 1.35 bits per heavy atom. The third-order valence-electron chi connectivity index (χ3n) is 4.74. The van der Waals surface area contributed by atoms with Crippen LogP contribution in [0, 0.1) is 5.92 Å². The highest BCUT2D eigenvalue weighted by Gasteiger charge is 2.28. The second kappa shape index (κ2) is 10.1. The molecule has 1 aliphatic heterocycles. The van der Waals surface area contributed by atoms with Crippen LogP contribution in [0.4, 0.5) is 0 Å². The van der Waals surface area contributed by atoms with Crippen LogP contribution in [0.5, 0.6) is 0 Å². The van der Waals surface area contributed by atoms with E-state index in [9.17, 15) is 0 Å². The number of rotatable bonds is 10. The summed E-state index contributed by atoms with van der Waals surface area (Å²) in [6, 6.07) is 1.32. The number of likely N-dealkylation sites (N-methyl/N-ethyl adjacent to an activating group) is 1. The molecular weight excluding hydrogens is 292 g/mol. The molecule has 2 rings (SSSR count). The smallest absolute Gasteiger partial charge is 0.191 e. The van der Waals surface area contributed by atoms with Crippen LogP contribution < -0.4 is 10.6 Å². The number of hydrogen-bond acceptors (Lipinski definition) is 4. The Bertz CT molecular complexity index is 355. The fraction of sp³-hybridized carbons (Fsp3) is 0.941. The van der Waals surface area contributed by atoms with E-state index in [1.54, 1.807) is 0 Å². The van der Waals surface area contributed by atoms with E-state index in [4.69, 9.17) is 9.47 Å². The van der Waals surface area contributed by atoms with Crippen molar-refractivity contribution in [1.82, 2.24) is 15.5 Å². The van der Waals surface area contributed by atoms with Crippen LogP contribution in [0.25, 0.3) is 0 Å². The zero-order valence-electron chi connectivity index (χ0n) is 15.0. The van der Waals surface area contributed by atoms with Crippen molar-refractivity contribution in [2.45, 2.75) is 44.7 Å². The second-order valence-electron chi connectivity index (χ2n) is 6.78. The maximum Gasteiger partial charge on any atom is 0.191 e. The van der Waals surface area contributed by atoms with Crippen molar-refractivity contribution in [3.05, 3.63) is 0 Å². The summed E-state index contributed by atoms with van der Waals surface area (Å²) >= 11 is 0. The number of nitrogens with one attached hydrogen (secondary N) is 2. The molecule has 1 saturated heterocycles. The monoisotopic (exact) mass is 326 g/mol. The maximum absolute atomic E-state index is 5.71. The highest BCUT2D eigenvalue weighted by atomic mass is 16.5. The van der Waals surface area contributed by atoms with Crippen molar-refractivity contribution < 1.29 is 9.47 Å². The summed E-state index contributed by atoms with van der Waals surface area (Å²) in [5, 5.41) is 6.76. The molecule has 0 bridgehead atoms. The Labute approximate surface area is 141 Å². The first-order chi connectivity index (χ1) is 11.2. The van der Waals surface area contributed by atoms with Crippen molar-refractivity contribution in [3.8, 4) is 0 Å². The fourth-order valence-corrected chi connectivity index (χ4v) is 2.80. The van der Waals surface area contributed by atoms with Gasteiger partial charge in [0, 0.05) is 51.4 Å². The van der Waals surface area contributed by atoms with Gasteiger partial charge in [0.1, 0.15) is 0 Å². The average Bonchev–Trinajstić information content (AvgIpc) is 3.29. The van der Waals surface area contributed by atoms with Gasteiger partial charge in [0.25, 0.3) is 0 Å². The molecule has 6 nitrogen and oxygen atoms in total. The summed E-state index contributed by atoms with van der Waals surface area (Å²) in [7, 11) is 4.04. The number of ether oxygens (including phenoxy) is 2. The van der Waals surface area contributed by atoms with Crippen molar-refractivity contribution in [2.24, 2.45) is 10.9 Å². The van der Waals surface area contributed by atoms with Gasteiger partial charge in [-0.1, -0.05) is 0 Å². The first-order valence-electron chi connectivity index (χ1n) is 9.02. The molecule has 2 fully saturated rings. The van der Waals surface area contributed by atoms with E-state index < -0.39 is 0 Å². The lowest BCUT2D eigenvalue weighted by molar-refractivity contribution is 0.0888. The number of aliphatic imine (C=N–C) groups is 1. The molecule has 1 aliphatic carbocycles. The first-order valence-corrected chi connectivity index (χ1v) is 9.02. The van der Waals surface area contributed by atoms with Gasteiger partial charge < -0.3 is 20.1 Å². The Morgan fingerprint density at radius 2 is 2.17 bits per heavy atom. The summed E-state index contributed by atoms with van der Waals surface area (Å²) in [5.41, 5.74) is 0. The Balaban J connectivity index is 1.47. The molecule has 1 saturated carbocycles. The number of nitrogens with zero attached hydrogens (tertiary/aromatic N) is 2. The van der Waals surface area contributed by atoms with E-state index >= 15 is 0 Å². The van der Waals surface area contributed by atoms with Crippen LogP contribution >= 0.6 is 0 Å². The molecule has 6 heteroatoms. The predicted octanol–water partition coefficient (Wildman–Crippen LogP) is 1.08. The van der Waals surface area contributed by atoms with Gasteiger partial charge in [-0.15, -0.1) is 0 Å². The standard InChI is InChI=1S/C17H34N4O2/c1-14(21(3)16-5-6-16)11-20-17(18-2)19-8-4-9-22-12-15-7-10-23-13-15/h14-16H,4-13H2,1-3H3,(H2,18,19,20). The minimum Gasteiger partial charge on any atom is -0.381 e. The van der Waals surface area contributed by atoms with Crippen LogP contribution in [0.1, 0.15) is 32.6 Å². The van der Waals surface area contributed by atoms with E-state index in [1.807, 2.05) is 7.05 Å². The Morgan fingerprint density at radius 3 is 2.83 bits per heavy atom. The molecule has 134 valence electrons. The quantitative estimate of drug-likeness (QED) is 0.357. The van der Waals surface area contributed by atoms with Gasteiger partial charge in [-0.3, -0.25) is 9.89 Å². The van der Waals surface area contributed by atoms with E-state index in [0.29, 0.717) is 12.0 Å². The van der Waals surface area contributed by atoms with Crippen molar-refractivity contribution >= 4 is 5.96 Å². The molecule has 0 radical (unpaired) electrons. The molecule has 2 aliphatic rings. The minimum atomic E-state index is 0.526. The lowest BCUT2D eigenvalue weighted by atomic mass is 10.1. The molecule has 0 amide bonds. The van der Waals surface area contributed by atoms with E-state index in [2.05, 4.69) is 34.5 Å². The summed E-state index contributed by atoms with van der Waals surface area (Å²) < 4.78 is 11.1. The summed E-state index contributed by atoms with van der Waals surface area (Å²) in [6.45, 7) is 7.45. The highest BCUT2D eigenvalue weighted by molar-refractivity contribution is 5.79.